The van der Waals surface area contributed by atoms with Crippen molar-refractivity contribution in [1.82, 2.24) is 15.3 Å². The standard InChI is InChI=1S/C20H25N3O4/c1-13-8-14(2)16(4)18(9-13)26-7-5-6-21-19(24)12-27-20(25)17-11-22-15(3)10-23-17/h8-11H,5-7,12H2,1-4H3,(H,21,24). The van der Waals surface area contributed by atoms with Gasteiger partial charge in [0, 0.05) is 12.7 Å². The second kappa shape index (κ2) is 9.66. The van der Waals surface area contributed by atoms with Crippen LogP contribution in [0.2, 0.25) is 0 Å². The molecule has 2 rings (SSSR count). The maximum atomic E-state index is 11.8. The molecule has 1 heterocycles. The minimum atomic E-state index is -0.675. The molecule has 0 aliphatic carbocycles. The summed E-state index contributed by atoms with van der Waals surface area (Å²) in [6, 6.07) is 4.13. The number of aromatic nitrogens is 2. The summed E-state index contributed by atoms with van der Waals surface area (Å²) in [5, 5.41) is 2.69. The molecule has 0 fully saturated rings. The van der Waals surface area contributed by atoms with Crippen LogP contribution in [0.3, 0.4) is 0 Å². The first-order chi connectivity index (χ1) is 12.9. The molecule has 0 atom stereocenters. The van der Waals surface area contributed by atoms with E-state index in [2.05, 4.69) is 28.3 Å². The molecular formula is C20H25N3O4. The van der Waals surface area contributed by atoms with Gasteiger partial charge in [0.1, 0.15) is 5.75 Å². The molecule has 1 aromatic carbocycles. The zero-order valence-corrected chi connectivity index (χ0v) is 16.2. The number of aryl methyl sites for hydroxylation is 3. The fourth-order valence-electron chi connectivity index (χ4n) is 2.39. The summed E-state index contributed by atoms with van der Waals surface area (Å²) in [6.45, 7) is 8.44. The van der Waals surface area contributed by atoms with E-state index in [9.17, 15) is 9.59 Å². The second-order valence-electron chi connectivity index (χ2n) is 6.38. The van der Waals surface area contributed by atoms with Gasteiger partial charge in [0.15, 0.2) is 12.3 Å². The Labute approximate surface area is 159 Å². The average Bonchev–Trinajstić information content (AvgIpc) is 2.63. The van der Waals surface area contributed by atoms with Gasteiger partial charge in [0.2, 0.25) is 0 Å². The predicted octanol–water partition coefficient (Wildman–Crippen LogP) is 2.45. The number of benzene rings is 1. The Hall–Kier alpha value is -2.96. The van der Waals surface area contributed by atoms with Gasteiger partial charge in [-0.2, -0.15) is 0 Å². The molecule has 0 radical (unpaired) electrons. The van der Waals surface area contributed by atoms with Crippen LogP contribution in [-0.2, 0) is 9.53 Å². The molecule has 0 aliphatic rings. The summed E-state index contributed by atoms with van der Waals surface area (Å²) < 4.78 is 10.7. The van der Waals surface area contributed by atoms with Crippen molar-refractivity contribution in [2.45, 2.75) is 34.1 Å². The Morgan fingerprint density at radius 2 is 1.85 bits per heavy atom. The van der Waals surface area contributed by atoms with Gasteiger partial charge in [-0.25, -0.2) is 9.78 Å². The molecule has 7 heteroatoms. The molecule has 0 unspecified atom stereocenters. The fraction of sp³-hybridized carbons (Fsp3) is 0.400. The van der Waals surface area contributed by atoms with E-state index in [1.165, 1.54) is 18.0 Å². The third-order valence-electron chi connectivity index (χ3n) is 3.99. The first-order valence-electron chi connectivity index (χ1n) is 8.80. The van der Waals surface area contributed by atoms with Crippen LogP contribution in [0, 0.1) is 27.7 Å². The first-order valence-corrected chi connectivity index (χ1v) is 8.80. The summed E-state index contributed by atoms with van der Waals surface area (Å²) >= 11 is 0. The Morgan fingerprint density at radius 3 is 2.56 bits per heavy atom. The van der Waals surface area contributed by atoms with Gasteiger partial charge in [-0.05, 0) is 56.9 Å². The zero-order valence-electron chi connectivity index (χ0n) is 16.2. The Balaban J connectivity index is 1.65. The first kappa shape index (κ1) is 20.4. The number of carbonyl (C=O) groups is 2. The van der Waals surface area contributed by atoms with Gasteiger partial charge in [-0.15, -0.1) is 0 Å². The van der Waals surface area contributed by atoms with Crippen LogP contribution in [0.15, 0.2) is 24.5 Å². The number of amides is 1. The molecule has 1 amide bonds. The van der Waals surface area contributed by atoms with Crippen LogP contribution in [0.4, 0.5) is 0 Å². The number of hydrogen-bond acceptors (Lipinski definition) is 6. The molecule has 7 nitrogen and oxygen atoms in total. The van der Waals surface area contributed by atoms with Crippen molar-refractivity contribution in [2.24, 2.45) is 0 Å². The van der Waals surface area contributed by atoms with E-state index in [1.54, 1.807) is 6.92 Å². The van der Waals surface area contributed by atoms with E-state index in [4.69, 9.17) is 9.47 Å². The molecule has 27 heavy (non-hydrogen) atoms. The Kier molecular flexibility index (Phi) is 7.28. The summed E-state index contributed by atoms with van der Waals surface area (Å²) in [4.78, 5) is 31.4. The number of hydrogen-bond donors (Lipinski definition) is 1. The van der Waals surface area contributed by atoms with Gasteiger partial charge in [0.25, 0.3) is 5.91 Å². The van der Waals surface area contributed by atoms with E-state index in [0.717, 1.165) is 16.9 Å². The lowest BCUT2D eigenvalue weighted by Gasteiger charge is -2.12. The van der Waals surface area contributed by atoms with Crippen molar-refractivity contribution in [2.75, 3.05) is 19.8 Å². The fourth-order valence-corrected chi connectivity index (χ4v) is 2.39. The number of nitrogens with zero attached hydrogens (tertiary/aromatic N) is 2. The molecule has 0 saturated heterocycles. The smallest absolute Gasteiger partial charge is 0.359 e. The van der Waals surface area contributed by atoms with Gasteiger partial charge in [-0.1, -0.05) is 6.07 Å². The van der Waals surface area contributed by atoms with Crippen LogP contribution in [0.25, 0.3) is 0 Å². The molecule has 0 spiro atoms. The largest absolute Gasteiger partial charge is 0.493 e. The van der Waals surface area contributed by atoms with Crippen molar-refractivity contribution >= 4 is 11.9 Å². The minimum Gasteiger partial charge on any atom is -0.493 e. The lowest BCUT2D eigenvalue weighted by atomic mass is 10.1. The molecule has 144 valence electrons. The normalized spacial score (nSPS) is 10.4. The van der Waals surface area contributed by atoms with Gasteiger partial charge in [0.05, 0.1) is 18.5 Å². The summed E-state index contributed by atoms with van der Waals surface area (Å²) in [7, 11) is 0. The van der Waals surface area contributed by atoms with Gasteiger partial charge in [-0.3, -0.25) is 9.78 Å². The SMILES string of the molecule is Cc1cc(C)c(C)c(OCCCNC(=O)COC(=O)c2cnc(C)cn2)c1. The third kappa shape index (κ3) is 6.36. The minimum absolute atomic E-state index is 0.0746. The highest BCUT2D eigenvalue weighted by atomic mass is 16.5. The Bertz CT molecular complexity index is 804. The van der Waals surface area contributed by atoms with E-state index in [1.807, 2.05) is 19.9 Å². The lowest BCUT2D eigenvalue weighted by Crippen LogP contribution is -2.30. The summed E-state index contributed by atoms with van der Waals surface area (Å²) in [5.74, 6) is -0.177. The number of carbonyl (C=O) groups excluding carboxylic acids is 2. The molecule has 0 saturated carbocycles. The highest BCUT2D eigenvalue weighted by Crippen LogP contribution is 2.23. The molecule has 1 aromatic heterocycles. The number of rotatable bonds is 8. The van der Waals surface area contributed by atoms with Crippen molar-refractivity contribution in [3.05, 3.63) is 52.6 Å². The van der Waals surface area contributed by atoms with Gasteiger partial charge >= 0.3 is 5.97 Å². The highest BCUT2D eigenvalue weighted by molar-refractivity contribution is 5.89. The number of esters is 1. The zero-order chi connectivity index (χ0) is 19.8. The number of ether oxygens (including phenoxy) is 2. The van der Waals surface area contributed by atoms with Crippen LogP contribution in [0.1, 0.15) is 39.3 Å². The van der Waals surface area contributed by atoms with E-state index < -0.39 is 5.97 Å². The number of nitrogens with one attached hydrogen (secondary N) is 1. The molecule has 0 aliphatic heterocycles. The molecule has 2 aromatic rings. The van der Waals surface area contributed by atoms with Crippen LogP contribution >= 0.6 is 0 Å². The summed E-state index contributed by atoms with van der Waals surface area (Å²) in [5.41, 5.74) is 4.24. The maximum absolute atomic E-state index is 11.8. The topological polar surface area (TPSA) is 90.4 Å². The van der Waals surface area contributed by atoms with E-state index in [0.29, 0.717) is 25.3 Å². The quantitative estimate of drug-likeness (QED) is 0.566. The van der Waals surface area contributed by atoms with Crippen molar-refractivity contribution < 1.29 is 19.1 Å². The molecule has 0 bridgehead atoms. The maximum Gasteiger partial charge on any atom is 0.359 e. The van der Waals surface area contributed by atoms with Crippen molar-refractivity contribution in [1.29, 1.82) is 0 Å². The van der Waals surface area contributed by atoms with Crippen LogP contribution < -0.4 is 10.1 Å². The van der Waals surface area contributed by atoms with Crippen molar-refractivity contribution in [3.8, 4) is 5.75 Å². The van der Waals surface area contributed by atoms with Crippen molar-refractivity contribution in [3.63, 3.8) is 0 Å². The average molecular weight is 371 g/mol. The second-order valence-corrected chi connectivity index (χ2v) is 6.38. The van der Waals surface area contributed by atoms with Crippen LogP contribution in [0.5, 0.6) is 5.75 Å². The highest BCUT2D eigenvalue weighted by Gasteiger charge is 2.11. The molecular weight excluding hydrogens is 346 g/mol. The predicted molar refractivity (Wildman–Crippen MR) is 101 cm³/mol. The van der Waals surface area contributed by atoms with Crippen LogP contribution in [-0.4, -0.2) is 41.6 Å². The van der Waals surface area contributed by atoms with E-state index >= 15 is 0 Å². The third-order valence-corrected chi connectivity index (χ3v) is 3.99. The monoisotopic (exact) mass is 371 g/mol. The van der Waals surface area contributed by atoms with E-state index in [-0.39, 0.29) is 18.2 Å². The summed E-state index contributed by atoms with van der Waals surface area (Å²) in [6.07, 6.45) is 3.44. The van der Waals surface area contributed by atoms with Gasteiger partial charge < -0.3 is 14.8 Å². The lowest BCUT2D eigenvalue weighted by molar-refractivity contribution is -0.124. The molecule has 1 N–H and O–H groups in total. The Morgan fingerprint density at radius 1 is 1.07 bits per heavy atom.